The summed E-state index contributed by atoms with van der Waals surface area (Å²) >= 11 is 0. The maximum absolute atomic E-state index is 13.0. The average Bonchev–Trinajstić information content (AvgIpc) is 3.69. The normalized spacial score (nSPS) is 20.6. The number of benzene rings is 2. The van der Waals surface area contributed by atoms with Crippen molar-refractivity contribution < 1.29 is 17.9 Å². The Morgan fingerprint density at radius 1 is 0.976 bits per heavy atom. The summed E-state index contributed by atoms with van der Waals surface area (Å²) in [5.74, 6) is 1.15. The molecule has 1 atom stereocenters. The number of carbonyl (C=O) groups is 1. The molecule has 3 saturated heterocycles. The van der Waals surface area contributed by atoms with Gasteiger partial charge in [-0.25, -0.2) is 27.5 Å². The van der Waals surface area contributed by atoms with Gasteiger partial charge in [0.15, 0.2) is 0 Å². The molecule has 218 valence electrons. The Morgan fingerprint density at radius 2 is 1.73 bits per heavy atom. The van der Waals surface area contributed by atoms with Gasteiger partial charge in [-0.05, 0) is 68.5 Å². The molecule has 0 spiro atoms. The molecule has 0 bridgehead atoms. The zero-order valence-corrected chi connectivity index (χ0v) is 24.4. The second kappa shape index (κ2) is 11.8. The highest BCUT2D eigenvalue weighted by Gasteiger charge is 2.29. The van der Waals surface area contributed by atoms with Crippen molar-refractivity contribution in [2.75, 3.05) is 62.3 Å². The number of ether oxygens (including phenoxy) is 1. The van der Waals surface area contributed by atoms with E-state index in [1.54, 1.807) is 6.33 Å². The molecular weight excluding hydrogens is 540 g/mol. The molecule has 3 aliphatic heterocycles. The monoisotopic (exact) mass is 578 g/mol. The fraction of sp³-hybridized carbons (Fsp3) is 0.500. The molecule has 3 fully saturated rings. The lowest BCUT2D eigenvalue weighted by atomic mass is 9.91. The second-order valence-corrected chi connectivity index (χ2v) is 13.4. The van der Waals surface area contributed by atoms with Gasteiger partial charge < -0.3 is 19.9 Å². The number of piperidine rings is 1. The van der Waals surface area contributed by atoms with Crippen LogP contribution in [-0.2, 0) is 10.0 Å². The summed E-state index contributed by atoms with van der Waals surface area (Å²) in [4.78, 5) is 26.4. The van der Waals surface area contributed by atoms with E-state index in [2.05, 4.69) is 32.3 Å². The first-order valence-electron chi connectivity index (χ1n) is 14.6. The van der Waals surface area contributed by atoms with Crippen molar-refractivity contribution in [3.8, 4) is 5.75 Å². The number of urea groups is 1. The Labute approximate surface area is 241 Å². The topological polar surface area (TPSA) is 108 Å². The van der Waals surface area contributed by atoms with E-state index < -0.39 is 10.0 Å². The van der Waals surface area contributed by atoms with Crippen LogP contribution in [0.15, 0.2) is 48.8 Å². The number of nitrogens with zero attached hydrogens (tertiary/aromatic N) is 5. The minimum atomic E-state index is -3.16. The van der Waals surface area contributed by atoms with Gasteiger partial charge in [-0.1, -0.05) is 0 Å². The van der Waals surface area contributed by atoms with Crippen molar-refractivity contribution in [1.29, 1.82) is 0 Å². The smallest absolute Gasteiger partial charge is 0.321 e. The zero-order chi connectivity index (χ0) is 28.4. The van der Waals surface area contributed by atoms with Gasteiger partial charge in [0.1, 0.15) is 12.1 Å². The van der Waals surface area contributed by atoms with Crippen LogP contribution in [0.3, 0.4) is 0 Å². The van der Waals surface area contributed by atoms with Crippen molar-refractivity contribution >= 4 is 38.3 Å². The SMILES string of the molecule is CS(=O)(=O)N1CC[C@@H](COc2ccc3c(C4CCN(C(=O)Nc5ccc(N6CCCC6)cc5)CC4)ncnc3c2)C1. The van der Waals surface area contributed by atoms with Crippen molar-refractivity contribution in [3.63, 3.8) is 0 Å². The molecule has 1 N–H and O–H groups in total. The predicted octanol–water partition coefficient (Wildman–Crippen LogP) is 4.30. The number of amides is 2. The second-order valence-electron chi connectivity index (χ2n) is 11.5. The summed E-state index contributed by atoms with van der Waals surface area (Å²) in [5.41, 5.74) is 3.88. The van der Waals surface area contributed by atoms with E-state index in [4.69, 9.17) is 4.74 Å². The molecule has 3 aliphatic rings. The van der Waals surface area contributed by atoms with Crippen molar-refractivity contribution in [3.05, 3.63) is 54.5 Å². The largest absolute Gasteiger partial charge is 0.493 e. The van der Waals surface area contributed by atoms with Crippen molar-refractivity contribution in [2.24, 2.45) is 5.92 Å². The highest BCUT2D eigenvalue weighted by atomic mass is 32.2. The van der Waals surface area contributed by atoms with Crippen LogP contribution in [0.25, 0.3) is 10.9 Å². The van der Waals surface area contributed by atoms with Crippen LogP contribution in [0.5, 0.6) is 5.75 Å². The van der Waals surface area contributed by atoms with Gasteiger partial charge in [-0.15, -0.1) is 0 Å². The first-order chi connectivity index (χ1) is 19.8. The molecule has 2 aromatic carbocycles. The number of nitrogens with one attached hydrogen (secondary N) is 1. The molecule has 1 aromatic heterocycles. The first kappa shape index (κ1) is 27.7. The van der Waals surface area contributed by atoms with E-state index in [-0.39, 0.29) is 17.9 Å². The van der Waals surface area contributed by atoms with Crippen LogP contribution < -0.4 is 15.0 Å². The molecular formula is C30H38N6O4S. The highest BCUT2D eigenvalue weighted by molar-refractivity contribution is 7.88. The number of carbonyl (C=O) groups excluding carboxylic acids is 1. The Morgan fingerprint density at radius 3 is 2.44 bits per heavy atom. The molecule has 11 heteroatoms. The number of rotatable bonds is 7. The third-order valence-corrected chi connectivity index (χ3v) is 9.87. The van der Waals surface area contributed by atoms with Gasteiger partial charge >= 0.3 is 6.03 Å². The molecule has 4 heterocycles. The Hall–Kier alpha value is -3.44. The van der Waals surface area contributed by atoms with Crippen LogP contribution in [0, 0.1) is 5.92 Å². The van der Waals surface area contributed by atoms with Gasteiger partial charge in [-0.2, -0.15) is 0 Å². The van der Waals surface area contributed by atoms with Crippen molar-refractivity contribution in [2.45, 2.75) is 38.0 Å². The fourth-order valence-corrected chi connectivity index (χ4v) is 7.13. The van der Waals surface area contributed by atoms with E-state index in [1.165, 1.54) is 29.1 Å². The Bertz CT molecular complexity index is 1480. The molecule has 0 aliphatic carbocycles. The highest BCUT2D eigenvalue weighted by Crippen LogP contribution is 2.33. The number of likely N-dealkylation sites (tertiary alicyclic amines) is 1. The summed E-state index contributed by atoms with van der Waals surface area (Å²) < 4.78 is 31.1. The van der Waals surface area contributed by atoms with Crippen LogP contribution in [-0.4, -0.2) is 85.8 Å². The summed E-state index contributed by atoms with van der Waals surface area (Å²) in [6, 6.07) is 14.0. The van der Waals surface area contributed by atoms with Gasteiger partial charge in [0.2, 0.25) is 10.0 Å². The predicted molar refractivity (Wildman–Crippen MR) is 160 cm³/mol. The third kappa shape index (κ3) is 6.41. The van der Waals surface area contributed by atoms with Crippen LogP contribution in [0.2, 0.25) is 0 Å². The van der Waals surface area contributed by atoms with Crippen LogP contribution in [0.4, 0.5) is 16.2 Å². The summed E-state index contributed by atoms with van der Waals surface area (Å²) in [7, 11) is -3.16. The van der Waals surface area contributed by atoms with E-state index >= 15 is 0 Å². The maximum Gasteiger partial charge on any atom is 0.321 e. The standard InChI is InChI=1S/C30H38N6O4S/c1-41(38,39)36-17-10-22(19-36)20-40-26-8-9-27-28(18-26)31-21-32-29(27)23-11-15-35(16-12-23)30(37)33-24-4-6-25(7-5-24)34-13-2-3-14-34/h4-9,18,21-23H,2-3,10-17,19-20H2,1H3,(H,33,37)/t22-/m1/s1. The van der Waals surface area contributed by atoms with Gasteiger partial charge in [0, 0.05) is 73.9 Å². The van der Waals surface area contributed by atoms with Crippen LogP contribution >= 0.6 is 0 Å². The number of fused-ring (bicyclic) bond motifs is 1. The zero-order valence-electron chi connectivity index (χ0n) is 23.5. The summed E-state index contributed by atoms with van der Waals surface area (Å²) in [6.45, 7) is 5.06. The third-order valence-electron chi connectivity index (χ3n) is 8.60. The lowest BCUT2D eigenvalue weighted by Crippen LogP contribution is -2.40. The molecule has 3 aromatic rings. The van der Waals surface area contributed by atoms with Gasteiger partial charge in [0.05, 0.1) is 24.1 Å². The van der Waals surface area contributed by atoms with E-state index in [0.717, 1.165) is 60.4 Å². The Kier molecular flexibility index (Phi) is 7.99. The molecule has 0 radical (unpaired) electrons. The average molecular weight is 579 g/mol. The molecule has 6 rings (SSSR count). The lowest BCUT2D eigenvalue weighted by Gasteiger charge is -2.32. The van der Waals surface area contributed by atoms with Crippen molar-refractivity contribution in [1.82, 2.24) is 19.2 Å². The van der Waals surface area contributed by atoms with Crippen LogP contribution in [0.1, 0.15) is 43.7 Å². The summed E-state index contributed by atoms with van der Waals surface area (Å²) in [6.07, 6.45) is 7.82. The minimum Gasteiger partial charge on any atom is -0.493 e. The number of aromatic nitrogens is 2. The van der Waals surface area contributed by atoms with E-state index in [0.29, 0.717) is 32.8 Å². The fourth-order valence-electron chi connectivity index (χ4n) is 6.21. The van der Waals surface area contributed by atoms with E-state index in [9.17, 15) is 13.2 Å². The molecule has 0 unspecified atom stereocenters. The number of sulfonamides is 1. The molecule has 2 amide bonds. The molecule has 10 nitrogen and oxygen atoms in total. The lowest BCUT2D eigenvalue weighted by molar-refractivity contribution is 0.194. The maximum atomic E-state index is 13.0. The van der Waals surface area contributed by atoms with Gasteiger partial charge in [0.25, 0.3) is 0 Å². The Balaban J connectivity index is 1.03. The minimum absolute atomic E-state index is 0.0615. The number of anilines is 2. The molecule has 41 heavy (non-hydrogen) atoms. The quantitative estimate of drug-likeness (QED) is 0.445. The van der Waals surface area contributed by atoms with E-state index in [1.807, 2.05) is 35.2 Å². The number of hydrogen-bond acceptors (Lipinski definition) is 7. The first-order valence-corrected chi connectivity index (χ1v) is 16.4. The van der Waals surface area contributed by atoms with Gasteiger partial charge in [-0.3, -0.25) is 0 Å². The summed E-state index contributed by atoms with van der Waals surface area (Å²) in [5, 5.41) is 4.06. The molecule has 0 saturated carbocycles. The number of hydrogen-bond donors (Lipinski definition) is 1.